The zero-order valence-electron chi connectivity index (χ0n) is 28.8. The van der Waals surface area contributed by atoms with Crippen LogP contribution in [0.25, 0.3) is 0 Å². The number of rotatable bonds is 11. The summed E-state index contributed by atoms with van der Waals surface area (Å²) in [6.45, 7) is 0.790. The van der Waals surface area contributed by atoms with Gasteiger partial charge in [0, 0.05) is 7.05 Å². The summed E-state index contributed by atoms with van der Waals surface area (Å²) < 4.78 is 27.8. The van der Waals surface area contributed by atoms with Crippen LogP contribution in [0.5, 0.6) is 0 Å². The number of aliphatic hydroxyl groups excluding tert-OH is 3. The molecule has 0 bridgehead atoms. The molecule has 3 aromatic carbocycles. The highest BCUT2D eigenvalue weighted by atomic mass is 16.7. The number of nitrogens with zero attached hydrogens (tertiary/aromatic N) is 1. The summed E-state index contributed by atoms with van der Waals surface area (Å²) in [5, 5.41) is 50.3. The Morgan fingerprint density at radius 2 is 1.19 bits per heavy atom. The summed E-state index contributed by atoms with van der Waals surface area (Å²) in [4.78, 5) is 39.8. The van der Waals surface area contributed by atoms with Gasteiger partial charge in [-0.05, 0) is 30.0 Å². The molecule has 1 saturated carbocycles. The topological polar surface area (TPSA) is 206 Å². The van der Waals surface area contributed by atoms with E-state index >= 15 is 0 Å². The monoisotopic (exact) mass is 723 g/mol. The Morgan fingerprint density at radius 3 is 1.69 bits per heavy atom. The number of carbonyl (C=O) groups excluding carboxylic acids is 3. The predicted molar refractivity (Wildman–Crippen MR) is 183 cm³/mol. The molecular weight excluding hydrogens is 678 g/mol. The molecule has 15 nitrogen and oxygen atoms in total. The number of carbonyl (C=O) groups is 3. The van der Waals surface area contributed by atoms with Crippen molar-refractivity contribution in [3.8, 4) is 0 Å². The van der Waals surface area contributed by atoms with Gasteiger partial charge in [-0.3, -0.25) is 0 Å². The van der Waals surface area contributed by atoms with Crippen molar-refractivity contribution in [2.45, 2.75) is 87.6 Å². The number of alkyl carbamates (subject to hydrolysis) is 2. The largest absolute Gasteiger partial charge is 0.445 e. The summed E-state index contributed by atoms with van der Waals surface area (Å²) in [7, 11) is 1.34. The van der Waals surface area contributed by atoms with Gasteiger partial charge in [-0.15, -0.1) is 0 Å². The molecule has 3 amide bonds. The molecule has 1 saturated heterocycles. The second-order valence-corrected chi connectivity index (χ2v) is 13.1. The van der Waals surface area contributed by atoms with Crippen LogP contribution in [0.2, 0.25) is 0 Å². The third-order valence-electron chi connectivity index (χ3n) is 9.02. The molecule has 3 unspecified atom stereocenters. The van der Waals surface area contributed by atoms with E-state index in [-0.39, 0.29) is 26.2 Å². The van der Waals surface area contributed by atoms with Crippen LogP contribution in [0.1, 0.15) is 30.0 Å². The van der Waals surface area contributed by atoms with Crippen molar-refractivity contribution in [1.29, 1.82) is 0 Å². The average molecular weight is 724 g/mol. The first-order valence-corrected chi connectivity index (χ1v) is 16.8. The zero-order valence-corrected chi connectivity index (χ0v) is 28.8. The van der Waals surface area contributed by atoms with Gasteiger partial charge < -0.3 is 59.6 Å². The molecule has 15 heteroatoms. The molecule has 6 N–H and O–H groups in total. The Balaban J connectivity index is 1.28. The van der Waals surface area contributed by atoms with E-state index in [1.165, 1.54) is 14.0 Å². The molecule has 3 aromatic rings. The highest BCUT2D eigenvalue weighted by Gasteiger charge is 2.53. The average Bonchev–Trinajstić information content (AvgIpc) is 3.14. The van der Waals surface area contributed by atoms with Crippen LogP contribution in [0.4, 0.5) is 14.4 Å². The Hall–Kier alpha value is -4.77. The van der Waals surface area contributed by atoms with Crippen LogP contribution >= 0.6 is 0 Å². The molecule has 2 aliphatic rings. The second kappa shape index (κ2) is 17.6. The molecule has 52 heavy (non-hydrogen) atoms. The Labute approximate surface area is 301 Å². The van der Waals surface area contributed by atoms with Crippen molar-refractivity contribution >= 4 is 18.3 Å². The van der Waals surface area contributed by atoms with E-state index in [2.05, 4.69) is 10.6 Å². The number of hydrogen-bond donors (Lipinski definition) is 6. The summed E-state index contributed by atoms with van der Waals surface area (Å²) in [6, 6.07) is 23.3. The van der Waals surface area contributed by atoms with Gasteiger partial charge in [0.2, 0.25) is 0 Å². The molecule has 1 aliphatic carbocycles. The lowest BCUT2D eigenvalue weighted by Gasteiger charge is -2.49. The summed E-state index contributed by atoms with van der Waals surface area (Å²) in [5.74, 6) is 0. The molecule has 0 radical (unpaired) electrons. The number of likely N-dealkylation sites (N-methyl/N-ethyl adjacent to an activating group) is 1. The highest BCUT2D eigenvalue weighted by molar-refractivity contribution is 5.69. The molecule has 2 fully saturated rings. The van der Waals surface area contributed by atoms with Gasteiger partial charge in [-0.1, -0.05) is 91.0 Å². The normalized spacial score (nSPS) is 28.6. The molecule has 0 spiro atoms. The first-order chi connectivity index (χ1) is 24.9. The molecule has 9 atom stereocenters. The fraction of sp³-hybridized carbons (Fsp3) is 0.432. The Morgan fingerprint density at radius 1 is 0.731 bits per heavy atom. The molecular formula is C37H45N3O12. The lowest BCUT2D eigenvalue weighted by Crippen LogP contribution is -2.69. The van der Waals surface area contributed by atoms with E-state index in [1.807, 2.05) is 18.2 Å². The minimum atomic E-state index is -1.77. The lowest BCUT2D eigenvalue weighted by atomic mass is 9.83. The van der Waals surface area contributed by atoms with E-state index in [1.54, 1.807) is 72.8 Å². The van der Waals surface area contributed by atoms with Gasteiger partial charge in [0.1, 0.15) is 49.8 Å². The maximum Gasteiger partial charge on any atom is 0.410 e. The highest BCUT2D eigenvalue weighted by Crippen LogP contribution is 2.32. The standard InChI is InChI=1S/C37H45N3O12/c1-37(47)22-51-33(30(43)32(37)40(2)36(46)50-21-25-16-10-5-11-17-25)52-31-27(39-35(45)49-20-24-14-8-4-9-15-24)18-26(28(41)29(31)42)38-34(44)48-19-23-12-6-3-7-13-23/h3-17,26-33,41-43,47H,18-22H2,1-2H3,(H,38,44)(H,39,45)/t26-,27+,28-,29?,30?,31-,32?,33+,37-/m0/s1. The van der Waals surface area contributed by atoms with Crippen LogP contribution in [0.3, 0.4) is 0 Å². The van der Waals surface area contributed by atoms with Gasteiger partial charge in [0.15, 0.2) is 6.29 Å². The molecule has 5 rings (SSSR count). The number of benzene rings is 3. The Bertz CT molecular complexity index is 1600. The van der Waals surface area contributed by atoms with Gasteiger partial charge in [-0.25, -0.2) is 14.4 Å². The first-order valence-electron chi connectivity index (χ1n) is 16.8. The van der Waals surface area contributed by atoms with Crippen molar-refractivity contribution in [2.24, 2.45) is 0 Å². The molecule has 280 valence electrons. The fourth-order valence-electron chi connectivity index (χ4n) is 6.32. The number of ether oxygens (including phenoxy) is 5. The number of amides is 3. The van der Waals surface area contributed by atoms with E-state index in [0.29, 0.717) is 5.56 Å². The van der Waals surface area contributed by atoms with Crippen LogP contribution in [0, 0.1) is 0 Å². The number of hydrogen-bond acceptors (Lipinski definition) is 12. The minimum Gasteiger partial charge on any atom is -0.445 e. The Kier molecular flexibility index (Phi) is 13.0. The molecule has 0 aromatic heterocycles. The van der Waals surface area contributed by atoms with Gasteiger partial charge in [0.05, 0.1) is 24.7 Å². The third-order valence-corrected chi connectivity index (χ3v) is 9.02. The summed E-state index contributed by atoms with van der Waals surface area (Å²) >= 11 is 0. The zero-order chi connectivity index (χ0) is 37.3. The van der Waals surface area contributed by atoms with E-state index < -0.39 is 79.3 Å². The van der Waals surface area contributed by atoms with Crippen LogP contribution in [-0.4, -0.2) is 112 Å². The first kappa shape index (κ1) is 38.5. The van der Waals surface area contributed by atoms with E-state index in [9.17, 15) is 34.8 Å². The van der Waals surface area contributed by atoms with Gasteiger partial charge >= 0.3 is 18.3 Å². The van der Waals surface area contributed by atoms with Crippen LogP contribution in [-0.2, 0) is 43.5 Å². The smallest absolute Gasteiger partial charge is 0.410 e. The van der Waals surface area contributed by atoms with E-state index in [0.717, 1.165) is 16.0 Å². The van der Waals surface area contributed by atoms with E-state index in [4.69, 9.17) is 23.7 Å². The van der Waals surface area contributed by atoms with Crippen LogP contribution < -0.4 is 10.6 Å². The predicted octanol–water partition coefficient (Wildman–Crippen LogP) is 2.19. The van der Waals surface area contributed by atoms with Gasteiger partial charge in [0.25, 0.3) is 0 Å². The SMILES string of the molecule is CN(C(=O)OCc1ccccc1)C1C(O)[C@@H](O[C@@H]2C(O)[C@@H](O)[C@@H](NC(=O)OCc3ccccc3)C[C@H]2NC(=O)OCc2ccccc2)OC[C@]1(C)O. The van der Waals surface area contributed by atoms with Gasteiger partial charge in [-0.2, -0.15) is 0 Å². The summed E-state index contributed by atoms with van der Waals surface area (Å²) in [6.07, 6.45) is -10.8. The van der Waals surface area contributed by atoms with Crippen LogP contribution in [0.15, 0.2) is 91.0 Å². The maximum absolute atomic E-state index is 13.1. The molecule has 1 aliphatic heterocycles. The maximum atomic E-state index is 13.1. The van der Waals surface area contributed by atoms with Crippen molar-refractivity contribution in [3.05, 3.63) is 108 Å². The quantitative estimate of drug-likeness (QED) is 0.158. The lowest BCUT2D eigenvalue weighted by molar-refractivity contribution is -0.305. The second-order valence-electron chi connectivity index (χ2n) is 13.1. The van der Waals surface area contributed by atoms with Crippen molar-refractivity contribution in [3.63, 3.8) is 0 Å². The number of aliphatic hydroxyl groups is 4. The summed E-state index contributed by atoms with van der Waals surface area (Å²) in [5.41, 5.74) is 0.411. The fourth-order valence-corrected chi connectivity index (χ4v) is 6.32. The van der Waals surface area contributed by atoms with Crippen molar-refractivity contribution in [2.75, 3.05) is 13.7 Å². The molecule has 1 heterocycles. The number of nitrogens with one attached hydrogen (secondary N) is 2. The van der Waals surface area contributed by atoms with Crippen molar-refractivity contribution in [1.82, 2.24) is 15.5 Å². The minimum absolute atomic E-state index is 0.0482. The van der Waals surface area contributed by atoms with Crippen molar-refractivity contribution < 1.29 is 58.5 Å². The third kappa shape index (κ3) is 9.97.